The Balaban J connectivity index is 2.40. The zero-order valence-electron chi connectivity index (χ0n) is 15.9. The summed E-state index contributed by atoms with van der Waals surface area (Å²) in [6.45, 7) is 15.1. The van der Waals surface area contributed by atoms with E-state index in [1.165, 1.54) is 16.7 Å². The van der Waals surface area contributed by atoms with E-state index < -0.39 is 0 Å². The van der Waals surface area contributed by atoms with Gasteiger partial charge in [0, 0.05) is 11.3 Å². The molecule has 2 heteroatoms. The quantitative estimate of drug-likeness (QED) is 0.738. The van der Waals surface area contributed by atoms with Crippen LogP contribution in [-0.4, -0.2) is 5.91 Å². The minimum Gasteiger partial charge on any atom is -0.322 e. The molecule has 24 heavy (non-hydrogen) atoms. The molecule has 0 aliphatic rings. The van der Waals surface area contributed by atoms with E-state index >= 15 is 0 Å². The van der Waals surface area contributed by atoms with E-state index in [1.807, 2.05) is 43.3 Å². The average molecular weight is 323 g/mol. The van der Waals surface area contributed by atoms with Gasteiger partial charge in [-0.15, -0.1) is 0 Å². The lowest BCUT2D eigenvalue weighted by Gasteiger charge is -2.26. The largest absolute Gasteiger partial charge is 0.322 e. The Morgan fingerprint density at radius 3 is 1.67 bits per heavy atom. The number of aryl methyl sites for hydroxylation is 1. The predicted octanol–water partition coefficient (Wildman–Crippen LogP) is 5.84. The number of nitrogens with one attached hydrogen (secondary N) is 1. The van der Waals surface area contributed by atoms with Crippen LogP contribution in [0.3, 0.4) is 0 Å². The number of carbonyl (C=O) groups is 1. The highest BCUT2D eigenvalue weighted by Crippen LogP contribution is 2.30. The first kappa shape index (κ1) is 18.3. The topological polar surface area (TPSA) is 29.1 Å². The van der Waals surface area contributed by atoms with Crippen LogP contribution in [0.5, 0.6) is 0 Å². The zero-order valence-corrected chi connectivity index (χ0v) is 15.9. The number of rotatable bonds is 2. The van der Waals surface area contributed by atoms with Crippen LogP contribution in [0.25, 0.3) is 0 Å². The summed E-state index contributed by atoms with van der Waals surface area (Å²) < 4.78 is 0. The van der Waals surface area contributed by atoms with Crippen molar-refractivity contribution in [3.05, 3.63) is 64.7 Å². The van der Waals surface area contributed by atoms with Crippen LogP contribution in [0.1, 0.15) is 68.6 Å². The fraction of sp³-hybridized carbons (Fsp3) is 0.409. The molecule has 0 unspecified atom stereocenters. The second-order valence-electron chi connectivity index (χ2n) is 8.62. The lowest BCUT2D eigenvalue weighted by molar-refractivity contribution is 0.102. The minimum absolute atomic E-state index is 0.000148. The molecule has 128 valence electrons. The van der Waals surface area contributed by atoms with Gasteiger partial charge in [0.05, 0.1) is 0 Å². The van der Waals surface area contributed by atoms with E-state index in [0.717, 1.165) is 5.69 Å². The number of benzene rings is 2. The fourth-order valence-corrected chi connectivity index (χ4v) is 2.46. The number of anilines is 1. The second-order valence-corrected chi connectivity index (χ2v) is 8.62. The van der Waals surface area contributed by atoms with Gasteiger partial charge in [0.25, 0.3) is 5.91 Å². The molecule has 0 radical (unpaired) electrons. The summed E-state index contributed by atoms with van der Waals surface area (Å²) in [5, 5.41) is 3.00. The summed E-state index contributed by atoms with van der Waals surface area (Å²) in [6.07, 6.45) is 0. The average Bonchev–Trinajstić information content (AvgIpc) is 2.47. The third-order valence-corrected chi connectivity index (χ3v) is 4.24. The Morgan fingerprint density at radius 1 is 0.792 bits per heavy atom. The first-order chi connectivity index (χ1) is 11.0. The molecule has 0 saturated carbocycles. The van der Waals surface area contributed by atoms with Crippen molar-refractivity contribution in [1.82, 2.24) is 0 Å². The van der Waals surface area contributed by atoms with Gasteiger partial charge in [-0.1, -0.05) is 65.3 Å². The van der Waals surface area contributed by atoms with E-state index in [2.05, 4.69) is 52.9 Å². The van der Waals surface area contributed by atoms with Gasteiger partial charge in [-0.05, 0) is 53.1 Å². The fourth-order valence-electron chi connectivity index (χ4n) is 2.46. The number of amides is 1. The van der Waals surface area contributed by atoms with Gasteiger partial charge >= 0.3 is 0 Å². The molecule has 0 spiro atoms. The van der Waals surface area contributed by atoms with E-state index in [4.69, 9.17) is 0 Å². The standard InChI is InChI=1S/C22H29NO/c1-15-8-10-19(11-9-15)23-20(24)16-12-17(21(2,3)4)14-18(13-16)22(5,6)7/h8-14H,1-7H3,(H,23,24). The van der Waals surface area contributed by atoms with Crippen LogP contribution in [0.15, 0.2) is 42.5 Å². The van der Waals surface area contributed by atoms with Crippen molar-refractivity contribution in [3.63, 3.8) is 0 Å². The Labute approximate surface area is 146 Å². The molecular weight excluding hydrogens is 294 g/mol. The van der Waals surface area contributed by atoms with Crippen LogP contribution in [-0.2, 0) is 10.8 Å². The molecule has 2 rings (SSSR count). The van der Waals surface area contributed by atoms with Gasteiger partial charge in [-0.25, -0.2) is 0 Å². The van der Waals surface area contributed by atoms with Crippen molar-refractivity contribution in [1.29, 1.82) is 0 Å². The Kier molecular flexibility index (Phi) is 4.89. The monoisotopic (exact) mass is 323 g/mol. The Morgan fingerprint density at radius 2 is 1.25 bits per heavy atom. The molecule has 0 bridgehead atoms. The number of carbonyl (C=O) groups excluding carboxylic acids is 1. The molecule has 0 atom stereocenters. The molecule has 1 N–H and O–H groups in total. The van der Waals surface area contributed by atoms with E-state index in [-0.39, 0.29) is 16.7 Å². The van der Waals surface area contributed by atoms with E-state index in [9.17, 15) is 4.79 Å². The van der Waals surface area contributed by atoms with Crippen LogP contribution >= 0.6 is 0 Å². The number of hydrogen-bond acceptors (Lipinski definition) is 1. The van der Waals surface area contributed by atoms with Crippen LogP contribution in [0, 0.1) is 6.92 Å². The van der Waals surface area contributed by atoms with E-state index in [0.29, 0.717) is 5.56 Å². The van der Waals surface area contributed by atoms with Gasteiger partial charge in [-0.2, -0.15) is 0 Å². The second kappa shape index (κ2) is 6.43. The highest BCUT2D eigenvalue weighted by atomic mass is 16.1. The summed E-state index contributed by atoms with van der Waals surface area (Å²) in [5.41, 5.74) is 5.09. The maximum Gasteiger partial charge on any atom is 0.255 e. The first-order valence-corrected chi connectivity index (χ1v) is 8.51. The van der Waals surface area contributed by atoms with Crippen molar-refractivity contribution in [3.8, 4) is 0 Å². The van der Waals surface area contributed by atoms with Gasteiger partial charge in [-0.3, -0.25) is 4.79 Å². The Bertz CT molecular complexity index is 696. The molecule has 0 fully saturated rings. The maximum absolute atomic E-state index is 12.7. The van der Waals surface area contributed by atoms with Crippen molar-refractivity contribution in [2.45, 2.75) is 59.3 Å². The van der Waals surface area contributed by atoms with E-state index in [1.54, 1.807) is 0 Å². The normalized spacial score (nSPS) is 12.1. The third-order valence-electron chi connectivity index (χ3n) is 4.24. The Hall–Kier alpha value is -2.09. The van der Waals surface area contributed by atoms with Crippen molar-refractivity contribution in [2.75, 3.05) is 5.32 Å². The lowest BCUT2D eigenvalue weighted by Crippen LogP contribution is -2.20. The molecule has 2 aromatic rings. The van der Waals surface area contributed by atoms with Crippen molar-refractivity contribution >= 4 is 11.6 Å². The molecule has 2 nitrogen and oxygen atoms in total. The van der Waals surface area contributed by atoms with Gasteiger partial charge in [0.2, 0.25) is 0 Å². The molecule has 0 saturated heterocycles. The van der Waals surface area contributed by atoms with Gasteiger partial charge in [0.1, 0.15) is 0 Å². The summed E-state index contributed by atoms with van der Waals surface area (Å²) in [6, 6.07) is 14.1. The highest BCUT2D eigenvalue weighted by Gasteiger charge is 2.22. The summed E-state index contributed by atoms with van der Waals surface area (Å²) in [7, 11) is 0. The molecule has 0 heterocycles. The van der Waals surface area contributed by atoms with Gasteiger partial charge in [0.15, 0.2) is 0 Å². The summed E-state index contributed by atoms with van der Waals surface area (Å²) in [5.74, 6) is -0.0598. The van der Waals surface area contributed by atoms with Crippen molar-refractivity contribution < 1.29 is 4.79 Å². The first-order valence-electron chi connectivity index (χ1n) is 8.51. The SMILES string of the molecule is Cc1ccc(NC(=O)c2cc(C(C)(C)C)cc(C(C)(C)C)c2)cc1. The molecule has 2 aromatic carbocycles. The molecule has 1 amide bonds. The predicted molar refractivity (Wildman–Crippen MR) is 103 cm³/mol. The number of hydrogen-bond donors (Lipinski definition) is 1. The summed E-state index contributed by atoms with van der Waals surface area (Å²) in [4.78, 5) is 12.7. The molecule has 0 aromatic heterocycles. The van der Waals surface area contributed by atoms with Crippen LogP contribution < -0.4 is 5.32 Å². The van der Waals surface area contributed by atoms with Crippen LogP contribution in [0.4, 0.5) is 5.69 Å². The third kappa shape index (κ3) is 4.47. The van der Waals surface area contributed by atoms with Crippen LogP contribution in [0.2, 0.25) is 0 Å². The molecule has 0 aliphatic heterocycles. The highest BCUT2D eigenvalue weighted by molar-refractivity contribution is 6.04. The minimum atomic E-state index is -0.0598. The smallest absolute Gasteiger partial charge is 0.255 e. The van der Waals surface area contributed by atoms with Gasteiger partial charge < -0.3 is 5.32 Å². The lowest BCUT2D eigenvalue weighted by atomic mass is 9.79. The maximum atomic E-state index is 12.7. The molecule has 0 aliphatic carbocycles. The molecular formula is C22H29NO. The zero-order chi connectivity index (χ0) is 18.1. The van der Waals surface area contributed by atoms with Crippen molar-refractivity contribution in [2.24, 2.45) is 0 Å². The summed E-state index contributed by atoms with van der Waals surface area (Å²) >= 11 is 0.